The van der Waals surface area contributed by atoms with Crippen LogP contribution in [-0.4, -0.2) is 46.3 Å². The van der Waals surface area contributed by atoms with Crippen LogP contribution in [0.1, 0.15) is 60.7 Å². The lowest BCUT2D eigenvalue weighted by molar-refractivity contribution is -0.126. The minimum Gasteiger partial charge on any atom is -0.461 e. The fourth-order valence-corrected chi connectivity index (χ4v) is 4.21. The first kappa shape index (κ1) is 24.2. The lowest BCUT2D eigenvalue weighted by Crippen LogP contribution is -2.64. The first-order valence-electron chi connectivity index (χ1n) is 10.7. The van der Waals surface area contributed by atoms with Gasteiger partial charge >= 0.3 is 5.97 Å². The number of ether oxygens (including phenoxy) is 1. The van der Waals surface area contributed by atoms with Gasteiger partial charge in [0.2, 0.25) is 5.91 Å². The van der Waals surface area contributed by atoms with E-state index in [1.165, 1.54) is 15.6 Å². The molecule has 2 heterocycles. The molecule has 1 aliphatic rings. The van der Waals surface area contributed by atoms with E-state index in [0.717, 1.165) is 16.4 Å². The lowest BCUT2D eigenvalue weighted by Gasteiger charge is -2.43. The van der Waals surface area contributed by atoms with Crippen LogP contribution in [0, 0.1) is 5.92 Å². The third-order valence-corrected chi connectivity index (χ3v) is 6.34. The van der Waals surface area contributed by atoms with Gasteiger partial charge in [-0.2, -0.15) is 5.10 Å². The summed E-state index contributed by atoms with van der Waals surface area (Å²) < 4.78 is 7.25. The molecule has 8 nitrogen and oxygen atoms in total. The Bertz CT molecular complexity index is 1020. The molecule has 0 radical (unpaired) electrons. The van der Waals surface area contributed by atoms with Crippen LogP contribution in [-0.2, 0) is 20.5 Å². The maximum atomic E-state index is 13.6. The minimum atomic E-state index is -1.22. The van der Waals surface area contributed by atoms with Crippen LogP contribution in [0.3, 0.4) is 0 Å². The van der Waals surface area contributed by atoms with Crippen molar-refractivity contribution < 1.29 is 19.1 Å². The number of halogens is 1. The summed E-state index contributed by atoms with van der Waals surface area (Å²) >= 11 is 2.26. The van der Waals surface area contributed by atoms with E-state index in [4.69, 9.17) is 4.74 Å². The smallest absolute Gasteiger partial charge is 0.358 e. The Morgan fingerprint density at radius 3 is 2.72 bits per heavy atom. The number of fused-ring (bicyclic) bond motifs is 1. The van der Waals surface area contributed by atoms with Crippen molar-refractivity contribution in [3.8, 4) is 0 Å². The number of benzene rings is 1. The normalized spacial score (nSPS) is 17.9. The summed E-state index contributed by atoms with van der Waals surface area (Å²) in [6.45, 7) is 8.47. The molecule has 0 bridgehead atoms. The van der Waals surface area contributed by atoms with Crippen molar-refractivity contribution in [1.82, 2.24) is 15.1 Å². The Kier molecular flexibility index (Phi) is 7.58. The summed E-state index contributed by atoms with van der Waals surface area (Å²) in [4.78, 5) is 40.8. The molecular formula is C23H29IN4O4. The Morgan fingerprint density at radius 2 is 2.06 bits per heavy atom. The summed E-state index contributed by atoms with van der Waals surface area (Å²) in [5.41, 5.74) is 0.768. The standard InChI is InChI=1S/C23H29IN4O4/c1-5-32-21(30)18-12-19-20(29)28(17-8-6-7-16(11-17)13-24)23(4,14-27(19)26-18)22(31)25-10-9-15(2)3/h6-8,11-12,15H,5,9-10,13-14H2,1-4H3,(H,25,31). The quantitative estimate of drug-likeness (QED) is 0.307. The van der Waals surface area contributed by atoms with Crippen LogP contribution >= 0.6 is 22.6 Å². The summed E-state index contributed by atoms with van der Waals surface area (Å²) in [6.07, 6.45) is 0.833. The van der Waals surface area contributed by atoms with Crippen LogP contribution in [0.5, 0.6) is 0 Å². The molecule has 1 N–H and O–H groups in total. The van der Waals surface area contributed by atoms with Gasteiger partial charge in [0.1, 0.15) is 11.2 Å². The van der Waals surface area contributed by atoms with Crippen LogP contribution in [0.4, 0.5) is 5.69 Å². The van der Waals surface area contributed by atoms with Crippen molar-refractivity contribution in [2.75, 3.05) is 18.1 Å². The highest BCUT2D eigenvalue weighted by molar-refractivity contribution is 14.1. The fraction of sp³-hybridized carbons (Fsp3) is 0.478. The van der Waals surface area contributed by atoms with Gasteiger partial charge in [0.05, 0.1) is 13.2 Å². The molecule has 1 aromatic heterocycles. The van der Waals surface area contributed by atoms with E-state index < -0.39 is 11.5 Å². The first-order valence-corrected chi connectivity index (χ1v) is 12.3. The Morgan fingerprint density at radius 1 is 1.31 bits per heavy atom. The number of alkyl halides is 1. The van der Waals surface area contributed by atoms with Crippen LogP contribution in [0.25, 0.3) is 0 Å². The molecule has 172 valence electrons. The summed E-state index contributed by atoms with van der Waals surface area (Å²) in [5, 5.41) is 7.27. The number of nitrogens with zero attached hydrogens (tertiary/aromatic N) is 3. The third kappa shape index (κ3) is 4.82. The fourth-order valence-electron chi connectivity index (χ4n) is 3.73. The number of rotatable bonds is 8. The molecule has 0 saturated carbocycles. The van der Waals surface area contributed by atoms with Gasteiger partial charge in [-0.3, -0.25) is 19.2 Å². The molecule has 0 aliphatic carbocycles. The zero-order valence-electron chi connectivity index (χ0n) is 18.9. The Balaban J connectivity index is 2.05. The molecule has 2 aromatic rings. The molecule has 0 spiro atoms. The molecule has 9 heteroatoms. The van der Waals surface area contributed by atoms with Crippen molar-refractivity contribution in [2.24, 2.45) is 5.92 Å². The first-order chi connectivity index (χ1) is 15.2. The molecular weight excluding hydrogens is 523 g/mol. The van der Waals surface area contributed by atoms with E-state index in [-0.39, 0.29) is 36.4 Å². The lowest BCUT2D eigenvalue weighted by atomic mass is 9.93. The van der Waals surface area contributed by atoms with E-state index in [2.05, 4.69) is 46.9 Å². The number of carbonyl (C=O) groups is 3. The van der Waals surface area contributed by atoms with Gasteiger partial charge in [0.15, 0.2) is 5.69 Å². The van der Waals surface area contributed by atoms with E-state index in [1.54, 1.807) is 13.8 Å². The van der Waals surface area contributed by atoms with E-state index in [1.807, 2.05) is 24.3 Å². The Labute approximate surface area is 201 Å². The number of hydrogen-bond donors (Lipinski definition) is 1. The summed E-state index contributed by atoms with van der Waals surface area (Å²) in [7, 11) is 0. The molecule has 3 rings (SSSR count). The second kappa shape index (κ2) is 10.0. The average Bonchev–Trinajstić information content (AvgIpc) is 3.18. The monoisotopic (exact) mass is 552 g/mol. The summed E-state index contributed by atoms with van der Waals surface area (Å²) in [6, 6.07) is 9.04. The highest BCUT2D eigenvalue weighted by atomic mass is 127. The molecule has 0 fully saturated rings. The van der Waals surface area contributed by atoms with Crippen molar-refractivity contribution in [3.05, 3.63) is 47.3 Å². The predicted octanol–water partition coefficient (Wildman–Crippen LogP) is 3.58. The van der Waals surface area contributed by atoms with E-state index in [0.29, 0.717) is 18.2 Å². The van der Waals surface area contributed by atoms with Gasteiger partial charge in [-0.15, -0.1) is 0 Å². The van der Waals surface area contributed by atoms with Crippen molar-refractivity contribution in [1.29, 1.82) is 0 Å². The SMILES string of the molecule is CCOC(=O)c1cc2n(n1)CC(C)(C(=O)NCCC(C)C)N(c1cccc(CI)c1)C2=O. The zero-order chi connectivity index (χ0) is 23.5. The maximum absolute atomic E-state index is 13.6. The highest BCUT2D eigenvalue weighted by Gasteiger charge is 2.49. The van der Waals surface area contributed by atoms with Gasteiger partial charge < -0.3 is 10.1 Å². The number of esters is 1. The third-order valence-electron chi connectivity index (χ3n) is 5.46. The number of hydrogen-bond acceptors (Lipinski definition) is 5. The van der Waals surface area contributed by atoms with Gasteiger partial charge in [-0.05, 0) is 43.9 Å². The van der Waals surface area contributed by atoms with Gasteiger partial charge in [0, 0.05) is 22.7 Å². The second-order valence-corrected chi connectivity index (χ2v) is 9.21. The molecule has 2 amide bonds. The number of aromatic nitrogens is 2. The van der Waals surface area contributed by atoms with Crippen LogP contribution in [0.15, 0.2) is 30.3 Å². The Hall–Kier alpha value is -2.43. The predicted molar refractivity (Wildman–Crippen MR) is 130 cm³/mol. The van der Waals surface area contributed by atoms with Gasteiger partial charge in [-0.1, -0.05) is 48.6 Å². The molecule has 1 aromatic carbocycles. The molecule has 0 saturated heterocycles. The van der Waals surface area contributed by atoms with Gasteiger partial charge in [-0.25, -0.2) is 4.79 Å². The van der Waals surface area contributed by atoms with Crippen molar-refractivity contribution >= 4 is 46.1 Å². The molecule has 32 heavy (non-hydrogen) atoms. The molecule has 1 unspecified atom stereocenters. The average molecular weight is 552 g/mol. The van der Waals surface area contributed by atoms with Crippen LogP contribution in [0.2, 0.25) is 0 Å². The number of nitrogens with one attached hydrogen (secondary N) is 1. The van der Waals surface area contributed by atoms with Gasteiger partial charge in [0.25, 0.3) is 5.91 Å². The van der Waals surface area contributed by atoms with E-state index in [9.17, 15) is 14.4 Å². The number of anilines is 1. The maximum Gasteiger partial charge on any atom is 0.358 e. The zero-order valence-corrected chi connectivity index (χ0v) is 21.0. The minimum absolute atomic E-state index is 0.0561. The molecule has 1 atom stereocenters. The second-order valence-electron chi connectivity index (χ2n) is 8.45. The van der Waals surface area contributed by atoms with Crippen LogP contribution < -0.4 is 10.2 Å². The van der Waals surface area contributed by atoms with Crippen molar-refractivity contribution in [3.63, 3.8) is 0 Å². The molecule has 1 aliphatic heterocycles. The number of carbonyl (C=O) groups excluding carboxylic acids is 3. The summed E-state index contributed by atoms with van der Waals surface area (Å²) in [5.74, 6) is -0.794. The topological polar surface area (TPSA) is 93.5 Å². The van der Waals surface area contributed by atoms with E-state index >= 15 is 0 Å². The number of amides is 2. The highest BCUT2D eigenvalue weighted by Crippen LogP contribution is 2.33. The van der Waals surface area contributed by atoms with Crippen molar-refractivity contribution in [2.45, 2.75) is 50.6 Å². The largest absolute Gasteiger partial charge is 0.461 e.